The first-order chi connectivity index (χ1) is 8.49. The van der Waals surface area contributed by atoms with Crippen LogP contribution in [-0.4, -0.2) is 18.2 Å². The molecule has 0 aliphatic heterocycles. The smallest absolute Gasteiger partial charge is 0.244 e. The number of aryl methyl sites for hydroxylation is 2. The lowest BCUT2D eigenvalue weighted by Crippen LogP contribution is -2.23. The van der Waals surface area contributed by atoms with E-state index in [1.807, 2.05) is 30.3 Å². The third-order valence-electron chi connectivity index (χ3n) is 2.57. The largest absolute Gasteiger partial charge is 0.274 e. The van der Waals surface area contributed by atoms with Gasteiger partial charge in [-0.2, -0.15) is 5.10 Å². The molecule has 0 spiro atoms. The van der Waals surface area contributed by atoms with Crippen LogP contribution in [0, 0.1) is 6.92 Å². The predicted molar refractivity (Wildman–Crippen MR) is 68.4 cm³/mol. The summed E-state index contributed by atoms with van der Waals surface area (Å²) in [4.78, 5) is 0.223. The third kappa shape index (κ3) is 2.77. The minimum atomic E-state index is -3.50. The molecule has 1 heterocycles. The van der Waals surface area contributed by atoms with Crippen molar-refractivity contribution in [3.8, 4) is 0 Å². The summed E-state index contributed by atoms with van der Waals surface area (Å²) in [7, 11) is -1.80. The summed E-state index contributed by atoms with van der Waals surface area (Å²) in [6, 6.07) is 9.39. The van der Waals surface area contributed by atoms with Gasteiger partial charge in [0.2, 0.25) is 10.0 Å². The Bertz CT molecular complexity index is 633. The molecule has 6 heteroatoms. The summed E-state index contributed by atoms with van der Waals surface area (Å²) in [5.74, 6) is 0. The quantitative estimate of drug-likeness (QED) is 0.903. The molecule has 1 aromatic heterocycles. The first-order valence-electron chi connectivity index (χ1n) is 5.53. The van der Waals surface area contributed by atoms with Crippen LogP contribution in [-0.2, 0) is 23.6 Å². The average Bonchev–Trinajstić information content (AvgIpc) is 2.68. The summed E-state index contributed by atoms with van der Waals surface area (Å²) in [6.07, 6.45) is 1.50. The van der Waals surface area contributed by atoms with Gasteiger partial charge in [0.15, 0.2) is 0 Å². The number of benzene rings is 1. The second-order valence-electron chi connectivity index (χ2n) is 4.06. The van der Waals surface area contributed by atoms with Crippen LogP contribution in [0.2, 0.25) is 0 Å². The molecule has 0 atom stereocenters. The lowest BCUT2D eigenvalue weighted by atomic mass is 10.2. The zero-order valence-electron chi connectivity index (χ0n) is 10.3. The molecule has 1 aromatic carbocycles. The molecule has 0 radical (unpaired) electrons. The first-order valence-corrected chi connectivity index (χ1v) is 7.01. The Morgan fingerprint density at radius 2 is 1.94 bits per heavy atom. The molecule has 0 amide bonds. The van der Waals surface area contributed by atoms with E-state index in [2.05, 4.69) is 9.82 Å². The van der Waals surface area contributed by atoms with Crippen molar-refractivity contribution in [2.75, 3.05) is 0 Å². The van der Waals surface area contributed by atoms with Gasteiger partial charge in [-0.1, -0.05) is 30.3 Å². The SMILES string of the molecule is Cc1nn(C)cc1S(=O)(=O)NCc1ccccc1. The van der Waals surface area contributed by atoms with Crippen molar-refractivity contribution >= 4 is 10.0 Å². The maximum absolute atomic E-state index is 12.1. The second kappa shape index (κ2) is 4.91. The van der Waals surface area contributed by atoms with Gasteiger partial charge in [-0.05, 0) is 12.5 Å². The minimum Gasteiger partial charge on any atom is -0.274 e. The number of nitrogens with zero attached hydrogens (tertiary/aromatic N) is 2. The van der Waals surface area contributed by atoms with Crippen LogP contribution < -0.4 is 4.72 Å². The van der Waals surface area contributed by atoms with E-state index in [1.165, 1.54) is 10.9 Å². The van der Waals surface area contributed by atoms with Gasteiger partial charge >= 0.3 is 0 Å². The second-order valence-corrected chi connectivity index (χ2v) is 5.80. The fourth-order valence-electron chi connectivity index (χ4n) is 1.69. The van der Waals surface area contributed by atoms with Crippen molar-refractivity contribution in [2.45, 2.75) is 18.4 Å². The lowest BCUT2D eigenvalue weighted by Gasteiger charge is -2.05. The van der Waals surface area contributed by atoms with E-state index in [-0.39, 0.29) is 11.4 Å². The van der Waals surface area contributed by atoms with Crippen LogP contribution >= 0.6 is 0 Å². The fourth-order valence-corrected chi connectivity index (χ4v) is 2.93. The van der Waals surface area contributed by atoms with E-state index in [4.69, 9.17) is 0 Å². The highest BCUT2D eigenvalue weighted by atomic mass is 32.2. The molecule has 2 rings (SSSR count). The topological polar surface area (TPSA) is 64.0 Å². The molecule has 0 saturated carbocycles. The molecular formula is C12H15N3O2S. The number of hydrogen-bond donors (Lipinski definition) is 1. The Morgan fingerprint density at radius 1 is 1.28 bits per heavy atom. The molecular weight excluding hydrogens is 250 g/mol. The van der Waals surface area contributed by atoms with E-state index < -0.39 is 10.0 Å². The maximum atomic E-state index is 12.1. The molecule has 5 nitrogen and oxygen atoms in total. The van der Waals surface area contributed by atoms with Crippen LogP contribution in [0.15, 0.2) is 41.4 Å². The van der Waals surface area contributed by atoms with E-state index in [1.54, 1.807) is 14.0 Å². The zero-order valence-corrected chi connectivity index (χ0v) is 11.1. The molecule has 18 heavy (non-hydrogen) atoms. The number of rotatable bonds is 4. The van der Waals surface area contributed by atoms with Crippen molar-refractivity contribution in [3.05, 3.63) is 47.8 Å². The lowest BCUT2D eigenvalue weighted by molar-refractivity contribution is 0.580. The highest BCUT2D eigenvalue weighted by Crippen LogP contribution is 2.12. The standard InChI is InChI=1S/C12H15N3O2S/c1-10-12(9-15(2)14-10)18(16,17)13-8-11-6-4-3-5-7-11/h3-7,9,13H,8H2,1-2H3. The van der Waals surface area contributed by atoms with Gasteiger partial charge in [0.1, 0.15) is 4.90 Å². The van der Waals surface area contributed by atoms with Gasteiger partial charge in [0, 0.05) is 19.8 Å². The number of hydrogen-bond acceptors (Lipinski definition) is 3. The molecule has 96 valence electrons. The third-order valence-corrected chi connectivity index (χ3v) is 4.07. The number of nitrogens with one attached hydrogen (secondary N) is 1. The summed E-state index contributed by atoms with van der Waals surface area (Å²) in [6.45, 7) is 1.95. The molecule has 0 aliphatic rings. The number of sulfonamides is 1. The normalized spacial score (nSPS) is 11.7. The highest BCUT2D eigenvalue weighted by molar-refractivity contribution is 7.89. The number of aromatic nitrogens is 2. The predicted octanol–water partition coefficient (Wildman–Crippen LogP) is 1.21. The Labute approximate surface area is 107 Å². The van der Waals surface area contributed by atoms with Crippen LogP contribution in [0.4, 0.5) is 0 Å². The van der Waals surface area contributed by atoms with Gasteiger partial charge in [0.05, 0.1) is 5.69 Å². The monoisotopic (exact) mass is 265 g/mol. The molecule has 0 aliphatic carbocycles. The van der Waals surface area contributed by atoms with Gasteiger partial charge < -0.3 is 0 Å². The van der Waals surface area contributed by atoms with Crippen molar-refractivity contribution in [1.82, 2.24) is 14.5 Å². The van der Waals surface area contributed by atoms with Crippen molar-refractivity contribution < 1.29 is 8.42 Å². The molecule has 0 unspecified atom stereocenters. The molecule has 0 saturated heterocycles. The molecule has 0 fully saturated rings. The van der Waals surface area contributed by atoms with Gasteiger partial charge in [-0.3, -0.25) is 4.68 Å². The Balaban J connectivity index is 2.16. The van der Waals surface area contributed by atoms with Crippen molar-refractivity contribution in [2.24, 2.45) is 7.05 Å². The summed E-state index contributed by atoms with van der Waals surface area (Å²) in [5, 5.41) is 4.03. The van der Waals surface area contributed by atoms with Crippen LogP contribution in [0.3, 0.4) is 0 Å². The maximum Gasteiger partial charge on any atom is 0.244 e. The first kappa shape index (κ1) is 12.8. The van der Waals surface area contributed by atoms with Crippen LogP contribution in [0.1, 0.15) is 11.3 Å². The summed E-state index contributed by atoms with van der Waals surface area (Å²) in [5.41, 5.74) is 1.42. The summed E-state index contributed by atoms with van der Waals surface area (Å²) < 4.78 is 28.2. The summed E-state index contributed by atoms with van der Waals surface area (Å²) >= 11 is 0. The fraction of sp³-hybridized carbons (Fsp3) is 0.250. The molecule has 2 aromatic rings. The minimum absolute atomic E-state index is 0.223. The van der Waals surface area contributed by atoms with Crippen molar-refractivity contribution in [1.29, 1.82) is 0 Å². The molecule has 0 bridgehead atoms. The molecule has 1 N–H and O–H groups in total. The van der Waals surface area contributed by atoms with E-state index in [9.17, 15) is 8.42 Å². The van der Waals surface area contributed by atoms with Crippen molar-refractivity contribution in [3.63, 3.8) is 0 Å². The van der Waals surface area contributed by atoms with Crippen LogP contribution in [0.25, 0.3) is 0 Å². The van der Waals surface area contributed by atoms with E-state index in [0.717, 1.165) is 5.56 Å². The Hall–Kier alpha value is -1.66. The van der Waals surface area contributed by atoms with E-state index >= 15 is 0 Å². The van der Waals surface area contributed by atoms with E-state index in [0.29, 0.717) is 5.69 Å². The van der Waals surface area contributed by atoms with Gasteiger partial charge in [-0.15, -0.1) is 0 Å². The van der Waals surface area contributed by atoms with Crippen LogP contribution in [0.5, 0.6) is 0 Å². The highest BCUT2D eigenvalue weighted by Gasteiger charge is 2.19. The average molecular weight is 265 g/mol. The zero-order chi connectivity index (χ0) is 13.2. The Morgan fingerprint density at radius 3 is 2.50 bits per heavy atom. The van der Waals surface area contributed by atoms with Gasteiger partial charge in [0.25, 0.3) is 0 Å². The Kier molecular flexibility index (Phi) is 3.49. The van der Waals surface area contributed by atoms with Gasteiger partial charge in [-0.25, -0.2) is 13.1 Å².